The van der Waals surface area contributed by atoms with Crippen LogP contribution in [-0.4, -0.2) is 23.6 Å². The summed E-state index contributed by atoms with van der Waals surface area (Å²) in [6.07, 6.45) is 2.86. The van der Waals surface area contributed by atoms with Gasteiger partial charge < -0.3 is 9.47 Å². The molecule has 0 aromatic heterocycles. The largest absolute Gasteiger partial charge is 0.447 e. The summed E-state index contributed by atoms with van der Waals surface area (Å²) in [6, 6.07) is 4.51. The van der Waals surface area contributed by atoms with Gasteiger partial charge in [0.05, 0.1) is 24.2 Å². The number of aliphatic imine (C=N–C) groups is 1. The number of ether oxygens (including phenoxy) is 2. The fraction of sp³-hybridized carbons (Fsp3) is 0.714. The van der Waals surface area contributed by atoms with Gasteiger partial charge in [-0.05, 0) is 19.8 Å². The first-order valence-electron chi connectivity index (χ1n) is 6.95. The Balaban J connectivity index is 2.05. The lowest BCUT2D eigenvalue weighted by Gasteiger charge is -2.62. The lowest BCUT2D eigenvalue weighted by Crippen LogP contribution is -2.74. The predicted molar refractivity (Wildman–Crippen MR) is 67.6 cm³/mol. The van der Waals surface area contributed by atoms with Gasteiger partial charge in [-0.3, -0.25) is 5.41 Å². The number of nitrogens with one attached hydrogen (secondary N) is 1. The van der Waals surface area contributed by atoms with Gasteiger partial charge in [0, 0.05) is 6.42 Å². The van der Waals surface area contributed by atoms with E-state index >= 15 is 0 Å². The molecule has 4 aliphatic heterocycles. The third kappa shape index (κ3) is 0.863. The zero-order valence-corrected chi connectivity index (χ0v) is 11.1. The molecule has 5 rings (SSSR count). The van der Waals surface area contributed by atoms with Crippen molar-refractivity contribution in [2.24, 2.45) is 21.7 Å². The number of nitriles is 2. The van der Waals surface area contributed by atoms with Crippen LogP contribution in [-0.2, 0) is 9.47 Å². The number of hydrogen-bond donors (Lipinski definition) is 1. The van der Waals surface area contributed by atoms with E-state index in [2.05, 4.69) is 17.1 Å². The fourth-order valence-corrected chi connectivity index (χ4v) is 4.62. The maximum Gasteiger partial charge on any atom is 0.218 e. The van der Waals surface area contributed by atoms with Gasteiger partial charge in [-0.1, -0.05) is 6.42 Å². The first-order chi connectivity index (χ1) is 9.57. The third-order valence-electron chi connectivity index (χ3n) is 5.48. The number of nitrogens with zero attached hydrogens (tertiary/aromatic N) is 3. The molecule has 4 bridgehead atoms. The molecule has 20 heavy (non-hydrogen) atoms. The predicted octanol–water partition coefficient (Wildman–Crippen LogP) is 1.73. The summed E-state index contributed by atoms with van der Waals surface area (Å²) < 4.78 is 12.0. The standard InChI is InChI=1S/C14H14N4O2/c1-8-12(6-15)11-18-10(17)13(12,7-16)9-4-2-3-5-14(9,19-8)20-11/h8-9,17H,2-5H2,1H3/t8-,9-,12+,13-,14+/m0/s1. The first-order valence-corrected chi connectivity index (χ1v) is 6.95. The third-order valence-corrected chi connectivity index (χ3v) is 5.48. The maximum atomic E-state index is 9.88. The van der Waals surface area contributed by atoms with Crippen LogP contribution in [0, 0.1) is 44.8 Å². The van der Waals surface area contributed by atoms with Crippen molar-refractivity contribution < 1.29 is 9.47 Å². The molecule has 3 saturated heterocycles. The maximum absolute atomic E-state index is 9.88. The van der Waals surface area contributed by atoms with Crippen LogP contribution in [0.1, 0.15) is 32.6 Å². The van der Waals surface area contributed by atoms with Crippen LogP contribution in [0.4, 0.5) is 0 Å². The molecule has 1 saturated carbocycles. The van der Waals surface area contributed by atoms with E-state index in [0.29, 0.717) is 6.42 Å². The van der Waals surface area contributed by atoms with Crippen molar-refractivity contribution in [1.29, 1.82) is 15.9 Å². The van der Waals surface area contributed by atoms with Gasteiger partial charge in [0.2, 0.25) is 11.7 Å². The summed E-state index contributed by atoms with van der Waals surface area (Å²) in [5, 5.41) is 27.9. The zero-order chi connectivity index (χ0) is 14.2. The summed E-state index contributed by atoms with van der Waals surface area (Å²) in [4.78, 5) is 4.14. The van der Waals surface area contributed by atoms with E-state index in [4.69, 9.17) is 14.9 Å². The van der Waals surface area contributed by atoms with Gasteiger partial charge in [0.25, 0.3) is 0 Å². The summed E-state index contributed by atoms with van der Waals surface area (Å²) in [5.74, 6) is -0.954. The average Bonchev–Trinajstić information content (AvgIpc) is 2.63. The number of fused-ring (bicyclic) bond motifs is 1. The van der Waals surface area contributed by atoms with Gasteiger partial charge in [0.1, 0.15) is 5.84 Å². The SMILES string of the molecule is C[C@@H]1O[C@@]23CCCC[C@H]2[C@@]2(C#N)C(=N)N=C(O3)[C@@]12C#N. The number of hydrogen-bond acceptors (Lipinski definition) is 5. The number of rotatable bonds is 0. The molecule has 1 spiro atoms. The van der Waals surface area contributed by atoms with Crippen molar-refractivity contribution in [3.05, 3.63) is 0 Å². The van der Waals surface area contributed by atoms with Crippen molar-refractivity contribution >= 4 is 11.7 Å². The summed E-state index contributed by atoms with van der Waals surface area (Å²) in [5.41, 5.74) is -2.48. The Bertz CT molecular complexity index is 645. The molecule has 102 valence electrons. The van der Waals surface area contributed by atoms with Crippen LogP contribution in [0.3, 0.4) is 0 Å². The molecule has 4 heterocycles. The van der Waals surface area contributed by atoms with Crippen LogP contribution >= 0.6 is 0 Å². The Morgan fingerprint density at radius 2 is 2.05 bits per heavy atom. The highest BCUT2D eigenvalue weighted by molar-refractivity contribution is 6.12. The van der Waals surface area contributed by atoms with Crippen LogP contribution in [0.25, 0.3) is 0 Å². The van der Waals surface area contributed by atoms with Crippen LogP contribution in [0.2, 0.25) is 0 Å². The van der Waals surface area contributed by atoms with Gasteiger partial charge in [-0.2, -0.15) is 15.5 Å². The fourth-order valence-electron chi connectivity index (χ4n) is 4.62. The van der Waals surface area contributed by atoms with E-state index in [1.165, 1.54) is 0 Å². The Morgan fingerprint density at radius 3 is 2.75 bits per heavy atom. The first kappa shape index (κ1) is 11.9. The number of amidine groups is 1. The van der Waals surface area contributed by atoms with Crippen molar-refractivity contribution in [3.8, 4) is 12.1 Å². The van der Waals surface area contributed by atoms with E-state index in [1.54, 1.807) is 6.92 Å². The highest BCUT2D eigenvalue weighted by Crippen LogP contribution is 2.68. The molecular weight excluding hydrogens is 256 g/mol. The average molecular weight is 270 g/mol. The minimum atomic E-state index is -1.26. The Labute approximate surface area is 116 Å². The second-order valence-electron chi connectivity index (χ2n) is 6.08. The topological polar surface area (TPSA) is 102 Å². The van der Waals surface area contributed by atoms with Crippen LogP contribution in [0.5, 0.6) is 0 Å². The lowest BCUT2D eigenvalue weighted by atomic mass is 9.49. The Hall–Kier alpha value is -1.92. The lowest BCUT2D eigenvalue weighted by molar-refractivity contribution is -0.348. The Morgan fingerprint density at radius 1 is 1.30 bits per heavy atom. The smallest absolute Gasteiger partial charge is 0.218 e. The molecule has 6 heteroatoms. The van der Waals surface area contributed by atoms with Crippen LogP contribution in [0.15, 0.2) is 4.99 Å². The van der Waals surface area contributed by atoms with Crippen molar-refractivity contribution in [1.82, 2.24) is 0 Å². The highest BCUT2D eigenvalue weighted by atomic mass is 16.7. The van der Waals surface area contributed by atoms with E-state index in [9.17, 15) is 10.5 Å². The minimum Gasteiger partial charge on any atom is -0.447 e. The molecule has 5 aliphatic rings. The van der Waals surface area contributed by atoms with E-state index in [1.807, 2.05) is 0 Å². The molecule has 1 aliphatic carbocycles. The molecule has 6 nitrogen and oxygen atoms in total. The Kier molecular flexibility index (Phi) is 1.91. The van der Waals surface area contributed by atoms with Crippen molar-refractivity contribution in [2.75, 3.05) is 0 Å². The van der Waals surface area contributed by atoms with Gasteiger partial charge in [0.15, 0.2) is 10.8 Å². The molecule has 0 aromatic rings. The van der Waals surface area contributed by atoms with Gasteiger partial charge >= 0.3 is 0 Å². The molecule has 1 N–H and O–H groups in total. The second kappa shape index (κ2) is 3.21. The second-order valence-corrected chi connectivity index (χ2v) is 6.08. The quantitative estimate of drug-likeness (QED) is 0.724. The van der Waals surface area contributed by atoms with Crippen molar-refractivity contribution in [2.45, 2.75) is 44.5 Å². The normalized spacial score (nSPS) is 51.5. The molecule has 0 amide bonds. The monoisotopic (exact) mass is 270 g/mol. The minimum absolute atomic E-state index is 0.0273. The van der Waals surface area contributed by atoms with Crippen LogP contribution < -0.4 is 0 Å². The molecule has 4 fully saturated rings. The zero-order valence-electron chi connectivity index (χ0n) is 11.1. The molecule has 0 aromatic carbocycles. The van der Waals surface area contributed by atoms with Gasteiger partial charge in [-0.15, -0.1) is 0 Å². The molecule has 0 unspecified atom stereocenters. The molecule has 5 atom stereocenters. The van der Waals surface area contributed by atoms with E-state index in [-0.39, 0.29) is 17.7 Å². The molecule has 0 radical (unpaired) electrons. The summed E-state index contributed by atoms with van der Waals surface area (Å²) in [6.45, 7) is 1.79. The highest BCUT2D eigenvalue weighted by Gasteiger charge is 2.82. The molecular formula is C14H14N4O2. The van der Waals surface area contributed by atoms with Crippen molar-refractivity contribution in [3.63, 3.8) is 0 Å². The summed E-state index contributed by atoms with van der Waals surface area (Å²) in [7, 11) is 0. The van der Waals surface area contributed by atoms with E-state index < -0.39 is 22.7 Å². The van der Waals surface area contributed by atoms with E-state index in [0.717, 1.165) is 19.3 Å². The summed E-state index contributed by atoms with van der Waals surface area (Å²) >= 11 is 0. The van der Waals surface area contributed by atoms with Gasteiger partial charge in [-0.25, -0.2) is 0 Å².